The molecule has 0 saturated carbocycles. The largest absolute Gasteiger partial charge is 0.489 e. The number of benzene rings is 1. The average molecular weight is 710 g/mol. The van der Waals surface area contributed by atoms with Gasteiger partial charge >= 0.3 is 5.97 Å². The normalized spacial score (nSPS) is 11.3. The molecule has 1 rings (SSSR count). The first kappa shape index (κ1) is 44.8. The molecule has 0 spiro atoms. The summed E-state index contributed by atoms with van der Waals surface area (Å²) in [5.41, 5.74) is 6.43. The quantitative estimate of drug-likeness (QED) is 0.0734. The molecule has 0 aliphatic rings. The first-order valence-corrected chi connectivity index (χ1v) is 16.8. The topological polar surface area (TPSA) is 183 Å². The van der Waals surface area contributed by atoms with Crippen LogP contribution in [-0.4, -0.2) is 176 Å². The maximum Gasteiger partial charge on any atom is 0.305 e. The van der Waals surface area contributed by atoms with Gasteiger partial charge in [-0.1, -0.05) is 12.1 Å². The Morgan fingerprint density at radius 2 is 0.653 bits per heavy atom. The lowest BCUT2D eigenvalue weighted by molar-refractivity contribution is -0.138. The van der Waals surface area contributed by atoms with Crippen molar-refractivity contribution in [3.63, 3.8) is 0 Å². The Morgan fingerprint density at radius 3 is 0.918 bits per heavy atom. The van der Waals surface area contributed by atoms with Gasteiger partial charge in [0.15, 0.2) is 0 Å². The Morgan fingerprint density at radius 1 is 0.408 bits per heavy atom. The number of para-hydroxylation sites is 2. The van der Waals surface area contributed by atoms with Crippen LogP contribution in [-0.2, 0) is 61.6 Å². The number of aliphatic carboxylic acids is 1. The van der Waals surface area contributed by atoms with E-state index in [9.17, 15) is 4.79 Å². The van der Waals surface area contributed by atoms with Crippen LogP contribution in [0.15, 0.2) is 24.3 Å². The number of nitrogens with two attached hydrogens (primary N) is 1. The van der Waals surface area contributed by atoms with Gasteiger partial charge < -0.3 is 72.4 Å². The number of carboxylic acid groups (broad SMARTS) is 1. The molecule has 3 N–H and O–H groups in total. The van der Waals surface area contributed by atoms with Gasteiger partial charge in [-0.15, -0.1) is 0 Å². The highest BCUT2D eigenvalue weighted by Gasteiger charge is 2.00. The van der Waals surface area contributed by atoms with E-state index in [2.05, 4.69) is 0 Å². The lowest BCUT2D eigenvalue weighted by Gasteiger charge is -2.10. The molecule has 0 atom stereocenters. The minimum atomic E-state index is -0.876. The molecule has 0 aromatic heterocycles. The molecular weight excluding hydrogens is 650 g/mol. The van der Waals surface area contributed by atoms with E-state index in [-0.39, 0.29) is 13.0 Å². The number of hydrogen-bond donors (Lipinski definition) is 2. The number of rotatable bonds is 40. The monoisotopic (exact) mass is 709 g/mol. The maximum absolute atomic E-state index is 10.3. The van der Waals surface area contributed by atoms with Crippen molar-refractivity contribution in [2.24, 2.45) is 0 Å². The molecule has 0 radical (unpaired) electrons. The van der Waals surface area contributed by atoms with Crippen molar-refractivity contribution in [2.75, 3.05) is 171 Å². The van der Waals surface area contributed by atoms with E-state index in [4.69, 9.17) is 72.4 Å². The van der Waals surface area contributed by atoms with Crippen LogP contribution in [0, 0.1) is 0 Å². The summed E-state index contributed by atoms with van der Waals surface area (Å²) >= 11 is 0. The summed E-state index contributed by atoms with van der Waals surface area (Å²) in [5.74, 6) is -0.213. The lowest BCUT2D eigenvalue weighted by atomic mass is 10.3. The van der Waals surface area contributed by atoms with Crippen LogP contribution in [0.2, 0.25) is 0 Å². The van der Waals surface area contributed by atoms with Crippen molar-refractivity contribution in [2.45, 2.75) is 6.42 Å². The van der Waals surface area contributed by atoms with Crippen LogP contribution >= 0.6 is 0 Å². The number of hydrogen-bond acceptors (Lipinski definition) is 15. The smallest absolute Gasteiger partial charge is 0.305 e. The summed E-state index contributed by atoms with van der Waals surface area (Å²) in [5, 5.41) is 8.49. The highest BCUT2D eigenvalue weighted by Crippen LogP contribution is 2.19. The fraction of sp³-hybridized carbons (Fsp3) is 0.788. The van der Waals surface area contributed by atoms with Crippen LogP contribution in [0.1, 0.15) is 6.42 Å². The second-order valence-electron chi connectivity index (χ2n) is 9.88. The van der Waals surface area contributed by atoms with Gasteiger partial charge in [-0.3, -0.25) is 4.79 Å². The van der Waals surface area contributed by atoms with Crippen LogP contribution in [0.5, 0.6) is 5.75 Å². The van der Waals surface area contributed by atoms with E-state index >= 15 is 0 Å². The van der Waals surface area contributed by atoms with E-state index in [0.717, 1.165) is 0 Å². The second kappa shape index (κ2) is 37.1. The molecule has 0 aliphatic carbocycles. The summed E-state index contributed by atoms with van der Waals surface area (Å²) < 4.78 is 70.6. The van der Waals surface area contributed by atoms with Gasteiger partial charge in [0.25, 0.3) is 0 Å². The number of nitrogen functional groups attached to an aromatic ring is 1. The van der Waals surface area contributed by atoms with Gasteiger partial charge in [0, 0.05) is 0 Å². The predicted octanol–water partition coefficient (Wildman–Crippen LogP) is 1.32. The van der Waals surface area contributed by atoms with E-state index in [1.165, 1.54) is 0 Å². The Balaban J connectivity index is 1.62. The molecule has 1 aromatic rings. The van der Waals surface area contributed by atoms with E-state index < -0.39 is 5.97 Å². The molecule has 0 unspecified atom stereocenters. The van der Waals surface area contributed by atoms with Crippen LogP contribution in [0.3, 0.4) is 0 Å². The Labute approximate surface area is 290 Å². The minimum Gasteiger partial charge on any atom is -0.489 e. The van der Waals surface area contributed by atoms with Gasteiger partial charge in [0.2, 0.25) is 0 Å². The highest BCUT2D eigenvalue weighted by atomic mass is 16.6. The summed E-state index contributed by atoms with van der Waals surface area (Å²) in [6.45, 7) is 11.5. The molecule has 0 amide bonds. The number of ether oxygens (including phenoxy) is 13. The molecule has 0 heterocycles. The zero-order valence-electron chi connectivity index (χ0n) is 28.9. The SMILES string of the molecule is Nc1ccccc1OCCOCCOCCOCCOCCOCCOCCOCCOCCOCCOCCOCCOCCC(=O)O. The molecule has 16 heteroatoms. The van der Waals surface area contributed by atoms with Gasteiger partial charge in [-0.05, 0) is 12.1 Å². The third kappa shape index (κ3) is 34.1. The zero-order valence-corrected chi connectivity index (χ0v) is 28.9. The van der Waals surface area contributed by atoms with Gasteiger partial charge in [0.05, 0.1) is 171 Å². The molecule has 1 aromatic carbocycles. The van der Waals surface area contributed by atoms with Crippen molar-refractivity contribution >= 4 is 11.7 Å². The molecule has 0 fully saturated rings. The Bertz CT molecular complexity index is 839. The van der Waals surface area contributed by atoms with E-state index in [0.29, 0.717) is 170 Å². The summed E-state index contributed by atoms with van der Waals surface area (Å²) in [7, 11) is 0. The number of carbonyl (C=O) groups is 1. The molecule has 286 valence electrons. The predicted molar refractivity (Wildman–Crippen MR) is 178 cm³/mol. The number of anilines is 1. The first-order valence-electron chi connectivity index (χ1n) is 16.8. The van der Waals surface area contributed by atoms with Crippen molar-refractivity contribution in [3.8, 4) is 5.75 Å². The molecule has 49 heavy (non-hydrogen) atoms. The minimum absolute atomic E-state index is 0.00462. The number of carboxylic acids is 1. The summed E-state index contributed by atoms with van der Waals surface area (Å²) in [6.07, 6.45) is -0.00462. The van der Waals surface area contributed by atoms with Crippen molar-refractivity contribution in [3.05, 3.63) is 24.3 Å². The van der Waals surface area contributed by atoms with Crippen LogP contribution in [0.25, 0.3) is 0 Å². The Hall–Kier alpha value is -2.19. The highest BCUT2D eigenvalue weighted by molar-refractivity contribution is 5.66. The van der Waals surface area contributed by atoms with E-state index in [1.807, 2.05) is 18.2 Å². The van der Waals surface area contributed by atoms with Crippen molar-refractivity contribution < 1.29 is 71.5 Å². The summed E-state index contributed by atoms with van der Waals surface area (Å²) in [6, 6.07) is 7.36. The summed E-state index contributed by atoms with van der Waals surface area (Å²) in [4.78, 5) is 10.3. The van der Waals surface area contributed by atoms with Crippen LogP contribution < -0.4 is 10.5 Å². The first-order chi connectivity index (χ1) is 24.2. The fourth-order valence-corrected chi connectivity index (χ4v) is 3.50. The maximum atomic E-state index is 10.3. The van der Waals surface area contributed by atoms with Crippen LogP contribution in [0.4, 0.5) is 5.69 Å². The third-order valence-electron chi connectivity index (χ3n) is 5.96. The molecular formula is C33H59NO15. The standard InChI is InChI=1S/C33H59NO15/c34-31-3-1-2-4-32(31)49-30-29-48-28-27-47-26-25-46-24-23-45-22-21-44-20-19-43-18-17-42-16-15-41-14-13-40-12-11-39-10-9-38-8-7-37-6-5-33(35)36/h1-4H,5-30,34H2,(H,35,36). The van der Waals surface area contributed by atoms with Gasteiger partial charge in [0.1, 0.15) is 12.4 Å². The van der Waals surface area contributed by atoms with E-state index in [1.54, 1.807) is 6.07 Å². The van der Waals surface area contributed by atoms with Crippen molar-refractivity contribution in [1.29, 1.82) is 0 Å². The van der Waals surface area contributed by atoms with Crippen molar-refractivity contribution in [1.82, 2.24) is 0 Å². The Kier molecular flexibility index (Phi) is 33.9. The molecule has 0 bridgehead atoms. The molecule has 16 nitrogen and oxygen atoms in total. The third-order valence-corrected chi connectivity index (χ3v) is 5.96. The lowest BCUT2D eigenvalue weighted by Crippen LogP contribution is -2.15. The van der Waals surface area contributed by atoms with Gasteiger partial charge in [-0.2, -0.15) is 0 Å². The second-order valence-corrected chi connectivity index (χ2v) is 9.88. The van der Waals surface area contributed by atoms with Gasteiger partial charge in [-0.25, -0.2) is 0 Å². The zero-order chi connectivity index (χ0) is 35.1. The fourth-order valence-electron chi connectivity index (χ4n) is 3.50. The molecule has 0 saturated heterocycles. The average Bonchev–Trinajstić information content (AvgIpc) is 3.10. The molecule has 0 aliphatic heterocycles.